The van der Waals surface area contributed by atoms with E-state index < -0.39 is 0 Å². The van der Waals surface area contributed by atoms with Gasteiger partial charge in [0, 0.05) is 5.88 Å². The molecule has 0 aromatic heterocycles. The smallest absolute Gasteiger partial charge is 0.0223 e. The Kier molecular flexibility index (Phi) is 11.6. The zero-order chi connectivity index (χ0) is 9.78. The molecule has 0 amide bonds. The molecule has 0 spiro atoms. The molecule has 0 heterocycles. The second kappa shape index (κ2) is 11.8. The van der Waals surface area contributed by atoms with Gasteiger partial charge in [-0.3, -0.25) is 0 Å². The first-order valence-corrected chi connectivity index (χ1v) is 5.83. The molecule has 1 heteroatoms. The fourth-order valence-corrected chi connectivity index (χ4v) is 1.22. The minimum Gasteiger partial charge on any atom is -0.127 e. The molecule has 0 aliphatic heterocycles. The summed E-state index contributed by atoms with van der Waals surface area (Å²) in [5, 5.41) is 0. The zero-order valence-corrected chi connectivity index (χ0v) is 9.39. The highest BCUT2D eigenvalue weighted by atomic mass is 35.5. The Bertz CT molecular complexity index is 136. The van der Waals surface area contributed by atoms with Gasteiger partial charge in [-0.25, -0.2) is 0 Å². The molecular weight excluding hydrogens is 180 g/mol. The maximum absolute atomic E-state index is 5.56. The molecule has 0 atom stereocenters. The maximum atomic E-state index is 5.56. The van der Waals surface area contributed by atoms with Gasteiger partial charge in [0.1, 0.15) is 0 Å². The predicted octanol–water partition coefficient (Wildman–Crippen LogP) is 4.70. The first-order valence-electron chi connectivity index (χ1n) is 5.29. The molecule has 0 bridgehead atoms. The van der Waals surface area contributed by atoms with Crippen molar-refractivity contribution in [1.29, 1.82) is 0 Å². The fourth-order valence-electron chi connectivity index (χ4n) is 1.03. The van der Waals surface area contributed by atoms with Crippen LogP contribution in [-0.2, 0) is 0 Å². The molecule has 0 fully saturated rings. The van der Waals surface area contributed by atoms with E-state index in [1.807, 2.05) is 0 Å². The summed E-state index contributed by atoms with van der Waals surface area (Å²) in [6.07, 6.45) is 16.0. The van der Waals surface area contributed by atoms with Crippen molar-refractivity contribution in [2.24, 2.45) is 0 Å². The van der Waals surface area contributed by atoms with Crippen molar-refractivity contribution in [3.05, 3.63) is 24.3 Å². The molecule has 0 N–H and O–H groups in total. The largest absolute Gasteiger partial charge is 0.127 e. The molecule has 0 aliphatic rings. The molecule has 0 unspecified atom stereocenters. The highest BCUT2D eigenvalue weighted by molar-refractivity contribution is 6.17. The van der Waals surface area contributed by atoms with Crippen molar-refractivity contribution in [3.8, 4) is 0 Å². The topological polar surface area (TPSA) is 0 Å². The third kappa shape index (κ3) is 11.8. The molecule has 0 saturated carbocycles. The van der Waals surface area contributed by atoms with Crippen molar-refractivity contribution in [2.45, 2.75) is 45.4 Å². The van der Waals surface area contributed by atoms with Gasteiger partial charge in [-0.1, -0.05) is 44.1 Å². The summed E-state index contributed by atoms with van der Waals surface area (Å²) in [4.78, 5) is 0. The van der Waals surface area contributed by atoms with Crippen molar-refractivity contribution in [2.75, 3.05) is 5.88 Å². The monoisotopic (exact) mass is 200 g/mol. The molecule has 13 heavy (non-hydrogen) atoms. The first-order chi connectivity index (χ1) is 6.41. The van der Waals surface area contributed by atoms with Crippen molar-refractivity contribution in [3.63, 3.8) is 0 Å². The lowest BCUT2D eigenvalue weighted by Gasteiger charge is -1.89. The fraction of sp³-hybridized carbons (Fsp3) is 0.667. The third-order valence-electron chi connectivity index (χ3n) is 1.86. The van der Waals surface area contributed by atoms with Gasteiger partial charge in [-0.05, 0) is 25.7 Å². The number of allylic oxidation sites excluding steroid dienone is 4. The molecule has 0 aromatic carbocycles. The number of halogens is 1. The minimum absolute atomic E-state index is 0.792. The molecule has 76 valence electrons. The summed E-state index contributed by atoms with van der Waals surface area (Å²) < 4.78 is 0. The Balaban J connectivity index is 3.15. The van der Waals surface area contributed by atoms with Crippen LogP contribution in [0.2, 0.25) is 0 Å². The second-order valence-electron chi connectivity index (χ2n) is 3.18. The standard InChI is InChI=1S/C12H21Cl/c1-2-3-4-5-6-7-8-9-10-11-12-13/h5-8H,2-4,9-12H2,1H3/b6-5+,8-7-. The van der Waals surface area contributed by atoms with Crippen LogP contribution >= 0.6 is 11.6 Å². The minimum atomic E-state index is 0.792. The highest BCUT2D eigenvalue weighted by Gasteiger charge is 1.81. The normalized spacial score (nSPS) is 11.8. The third-order valence-corrected chi connectivity index (χ3v) is 2.13. The number of unbranched alkanes of at least 4 members (excludes halogenated alkanes) is 4. The van der Waals surface area contributed by atoms with Crippen molar-refractivity contribution < 1.29 is 0 Å². The summed E-state index contributed by atoms with van der Waals surface area (Å²) in [5.74, 6) is 0.792. The van der Waals surface area contributed by atoms with E-state index in [0.717, 1.165) is 18.7 Å². The molecule has 0 radical (unpaired) electrons. The summed E-state index contributed by atoms with van der Waals surface area (Å²) >= 11 is 5.56. The zero-order valence-electron chi connectivity index (χ0n) is 8.64. The van der Waals surface area contributed by atoms with Crippen LogP contribution in [0.5, 0.6) is 0 Å². The molecule has 0 aromatic rings. The van der Waals surface area contributed by atoms with Crippen LogP contribution in [0.4, 0.5) is 0 Å². The Morgan fingerprint density at radius 2 is 1.54 bits per heavy atom. The van der Waals surface area contributed by atoms with Gasteiger partial charge in [0.15, 0.2) is 0 Å². The lowest BCUT2D eigenvalue weighted by Crippen LogP contribution is -1.73. The second-order valence-corrected chi connectivity index (χ2v) is 3.56. The van der Waals surface area contributed by atoms with E-state index in [2.05, 4.69) is 31.2 Å². The van der Waals surface area contributed by atoms with E-state index in [4.69, 9.17) is 11.6 Å². The summed E-state index contributed by atoms with van der Waals surface area (Å²) in [6.45, 7) is 2.22. The van der Waals surface area contributed by atoms with E-state index in [9.17, 15) is 0 Å². The van der Waals surface area contributed by atoms with E-state index in [0.29, 0.717) is 0 Å². The average molecular weight is 201 g/mol. The van der Waals surface area contributed by atoms with Crippen LogP contribution in [-0.4, -0.2) is 5.88 Å². The number of alkyl halides is 1. The Hall–Kier alpha value is -0.230. The molecular formula is C12H21Cl. The van der Waals surface area contributed by atoms with Crippen molar-refractivity contribution in [1.82, 2.24) is 0 Å². The SMILES string of the molecule is CCCC/C=C/C=C\CCCCCl. The Labute approximate surface area is 87.7 Å². The molecule has 0 saturated heterocycles. The predicted molar refractivity (Wildman–Crippen MR) is 62.4 cm³/mol. The lowest BCUT2D eigenvalue weighted by atomic mass is 10.2. The van der Waals surface area contributed by atoms with Gasteiger partial charge in [-0.2, -0.15) is 0 Å². The van der Waals surface area contributed by atoms with Gasteiger partial charge in [0.25, 0.3) is 0 Å². The number of hydrogen-bond donors (Lipinski definition) is 0. The van der Waals surface area contributed by atoms with E-state index in [-0.39, 0.29) is 0 Å². The van der Waals surface area contributed by atoms with Gasteiger partial charge >= 0.3 is 0 Å². The van der Waals surface area contributed by atoms with Crippen LogP contribution in [0.25, 0.3) is 0 Å². The number of rotatable bonds is 8. The van der Waals surface area contributed by atoms with Crippen LogP contribution in [0.15, 0.2) is 24.3 Å². The van der Waals surface area contributed by atoms with Crippen LogP contribution in [0, 0.1) is 0 Å². The number of hydrogen-bond acceptors (Lipinski definition) is 0. The van der Waals surface area contributed by atoms with Gasteiger partial charge in [0.2, 0.25) is 0 Å². The lowest BCUT2D eigenvalue weighted by molar-refractivity contribution is 0.813. The molecule has 0 rings (SSSR count). The van der Waals surface area contributed by atoms with Crippen LogP contribution < -0.4 is 0 Å². The first kappa shape index (κ1) is 12.8. The highest BCUT2D eigenvalue weighted by Crippen LogP contribution is 1.99. The average Bonchev–Trinajstić information content (AvgIpc) is 2.16. The summed E-state index contributed by atoms with van der Waals surface area (Å²) in [7, 11) is 0. The molecule has 0 nitrogen and oxygen atoms in total. The Morgan fingerprint density at radius 1 is 0.923 bits per heavy atom. The van der Waals surface area contributed by atoms with Crippen LogP contribution in [0.3, 0.4) is 0 Å². The van der Waals surface area contributed by atoms with Gasteiger partial charge in [0.05, 0.1) is 0 Å². The van der Waals surface area contributed by atoms with E-state index in [1.54, 1.807) is 0 Å². The van der Waals surface area contributed by atoms with Crippen molar-refractivity contribution >= 4 is 11.6 Å². The summed E-state index contributed by atoms with van der Waals surface area (Å²) in [6, 6.07) is 0. The summed E-state index contributed by atoms with van der Waals surface area (Å²) in [5.41, 5.74) is 0. The molecule has 0 aliphatic carbocycles. The van der Waals surface area contributed by atoms with Gasteiger partial charge < -0.3 is 0 Å². The quantitative estimate of drug-likeness (QED) is 0.303. The van der Waals surface area contributed by atoms with E-state index in [1.165, 1.54) is 25.7 Å². The Morgan fingerprint density at radius 3 is 2.08 bits per heavy atom. The van der Waals surface area contributed by atoms with E-state index >= 15 is 0 Å². The maximum Gasteiger partial charge on any atom is 0.0223 e. The van der Waals surface area contributed by atoms with Gasteiger partial charge in [-0.15, -0.1) is 11.6 Å². The van der Waals surface area contributed by atoms with Crippen LogP contribution in [0.1, 0.15) is 45.4 Å².